The van der Waals surface area contributed by atoms with Crippen molar-refractivity contribution in [3.05, 3.63) is 83.3 Å². The number of nitrogens with zero attached hydrogens (tertiary/aromatic N) is 4. The molecule has 1 unspecified atom stereocenters. The van der Waals surface area contributed by atoms with Gasteiger partial charge in [-0.1, -0.05) is 31.2 Å². The summed E-state index contributed by atoms with van der Waals surface area (Å²) in [5.74, 6) is -1.39. The topological polar surface area (TPSA) is 86.0 Å². The number of carbonyl (C=O) groups excluding carboxylic acids is 2. The van der Waals surface area contributed by atoms with E-state index in [0.29, 0.717) is 42.8 Å². The Balaban J connectivity index is 1.37. The standard InChI is InChI=1S/C33H35F3N4O4/c1-5-14-39(32(42)44-33(2,3)4)15-8-9-21-13-12-20(18-37-21)24-19-40-28(17-25(24)34)38-29-26(41)16-23(30(29)40)22-10-6-7-11-27(22)43-31(35)36/h6-7,10-13,17-19,23,31H,5,8-9,14-16H2,1-4H3. The first kappa shape index (κ1) is 31.0. The van der Waals surface area contributed by atoms with E-state index < -0.39 is 23.9 Å². The predicted octanol–water partition coefficient (Wildman–Crippen LogP) is 7.43. The zero-order valence-corrected chi connectivity index (χ0v) is 25.1. The number of ketones is 1. The molecule has 0 aliphatic heterocycles. The molecule has 1 aliphatic carbocycles. The minimum atomic E-state index is -3.02. The SMILES string of the molecule is CCCN(CCCc1ccc(-c2cn3c4c(nc3cc2F)C(=O)CC4c2ccccc2OC(F)F)cn1)C(=O)OC(C)(C)C. The van der Waals surface area contributed by atoms with Gasteiger partial charge in [-0.05, 0) is 52.2 Å². The number of halogens is 3. The molecule has 1 amide bonds. The summed E-state index contributed by atoms with van der Waals surface area (Å²) in [4.78, 5) is 36.0. The van der Waals surface area contributed by atoms with Gasteiger partial charge in [0, 0.05) is 66.3 Å². The number of amides is 1. The van der Waals surface area contributed by atoms with Crippen LogP contribution in [0.1, 0.15) is 80.3 Å². The molecule has 1 atom stereocenters. The Bertz CT molecular complexity index is 1660. The van der Waals surface area contributed by atoms with Crippen LogP contribution in [0.15, 0.2) is 54.9 Å². The lowest BCUT2D eigenvalue weighted by Crippen LogP contribution is -2.38. The van der Waals surface area contributed by atoms with Crippen LogP contribution in [0.25, 0.3) is 16.8 Å². The van der Waals surface area contributed by atoms with E-state index in [4.69, 9.17) is 9.47 Å². The highest BCUT2D eigenvalue weighted by atomic mass is 19.3. The van der Waals surface area contributed by atoms with Gasteiger partial charge >= 0.3 is 12.7 Å². The number of hydrogen-bond donors (Lipinski definition) is 0. The van der Waals surface area contributed by atoms with Gasteiger partial charge in [0.15, 0.2) is 5.78 Å². The largest absolute Gasteiger partial charge is 0.444 e. The highest BCUT2D eigenvalue weighted by molar-refractivity contribution is 6.00. The van der Waals surface area contributed by atoms with E-state index in [9.17, 15) is 18.4 Å². The van der Waals surface area contributed by atoms with Crippen molar-refractivity contribution in [2.24, 2.45) is 0 Å². The van der Waals surface area contributed by atoms with Crippen molar-refractivity contribution >= 4 is 17.5 Å². The molecule has 0 spiro atoms. The van der Waals surface area contributed by atoms with Crippen LogP contribution in [-0.2, 0) is 11.2 Å². The summed E-state index contributed by atoms with van der Waals surface area (Å²) < 4.78 is 53.5. The van der Waals surface area contributed by atoms with Crippen LogP contribution < -0.4 is 4.74 Å². The van der Waals surface area contributed by atoms with Gasteiger partial charge in [0.05, 0.1) is 5.69 Å². The second-order valence-electron chi connectivity index (χ2n) is 11.8. The number of benzene rings is 1. The number of hydrogen-bond acceptors (Lipinski definition) is 6. The molecule has 8 nitrogen and oxygen atoms in total. The summed E-state index contributed by atoms with van der Waals surface area (Å²) in [5.41, 5.74) is 2.37. The highest BCUT2D eigenvalue weighted by Gasteiger charge is 2.37. The number of para-hydroxylation sites is 1. The molecular weight excluding hydrogens is 573 g/mol. The molecule has 0 bridgehead atoms. The second kappa shape index (κ2) is 12.7. The number of alkyl halides is 2. The lowest BCUT2D eigenvalue weighted by molar-refractivity contribution is -0.0505. The van der Waals surface area contributed by atoms with Gasteiger partial charge in [-0.15, -0.1) is 0 Å². The Kier molecular flexibility index (Phi) is 8.94. The highest BCUT2D eigenvalue weighted by Crippen LogP contribution is 2.42. The number of aryl methyl sites for hydroxylation is 1. The first-order chi connectivity index (χ1) is 20.9. The summed E-state index contributed by atoms with van der Waals surface area (Å²) in [7, 11) is 0. The third kappa shape index (κ3) is 6.71. The minimum absolute atomic E-state index is 0.0193. The van der Waals surface area contributed by atoms with Crippen molar-refractivity contribution in [2.75, 3.05) is 13.1 Å². The fraction of sp³-hybridized carbons (Fsp3) is 0.394. The van der Waals surface area contributed by atoms with E-state index in [1.807, 2.05) is 33.8 Å². The molecule has 4 aromatic rings. The van der Waals surface area contributed by atoms with Crippen molar-refractivity contribution in [2.45, 2.75) is 71.5 Å². The molecule has 0 N–H and O–H groups in total. The van der Waals surface area contributed by atoms with Gasteiger partial charge in [0.2, 0.25) is 0 Å². The number of ether oxygens (including phenoxy) is 2. The van der Waals surface area contributed by atoms with E-state index >= 15 is 4.39 Å². The summed E-state index contributed by atoms with van der Waals surface area (Å²) in [6.45, 7) is 5.61. The van der Waals surface area contributed by atoms with Crippen molar-refractivity contribution in [1.29, 1.82) is 0 Å². The molecule has 0 fully saturated rings. The lowest BCUT2D eigenvalue weighted by atomic mass is 9.95. The van der Waals surface area contributed by atoms with Gasteiger partial charge in [0.25, 0.3) is 0 Å². The first-order valence-electron chi connectivity index (χ1n) is 14.7. The molecule has 3 heterocycles. The van der Waals surface area contributed by atoms with E-state index in [-0.39, 0.29) is 41.0 Å². The molecule has 0 saturated heterocycles. The van der Waals surface area contributed by atoms with Crippen LogP contribution >= 0.6 is 0 Å². The predicted molar refractivity (Wildman–Crippen MR) is 159 cm³/mol. The number of aromatic nitrogens is 3. The Labute approximate surface area is 253 Å². The van der Waals surface area contributed by atoms with Crippen molar-refractivity contribution in [1.82, 2.24) is 19.3 Å². The maximum absolute atomic E-state index is 15.3. The molecule has 0 radical (unpaired) electrons. The van der Waals surface area contributed by atoms with Crippen LogP contribution in [0, 0.1) is 5.82 Å². The zero-order valence-electron chi connectivity index (χ0n) is 25.1. The molecule has 0 saturated carbocycles. The normalized spacial score (nSPS) is 14.7. The van der Waals surface area contributed by atoms with Gasteiger partial charge in [-0.3, -0.25) is 9.78 Å². The van der Waals surface area contributed by atoms with Gasteiger partial charge in [-0.25, -0.2) is 14.2 Å². The molecule has 11 heteroatoms. The number of fused-ring (bicyclic) bond motifs is 3. The monoisotopic (exact) mass is 608 g/mol. The van der Waals surface area contributed by atoms with Crippen molar-refractivity contribution in [3.63, 3.8) is 0 Å². The lowest BCUT2D eigenvalue weighted by Gasteiger charge is -2.27. The quantitative estimate of drug-likeness (QED) is 0.186. The van der Waals surface area contributed by atoms with Crippen LogP contribution in [0.5, 0.6) is 5.75 Å². The van der Waals surface area contributed by atoms with E-state index in [0.717, 1.165) is 12.1 Å². The summed E-state index contributed by atoms with van der Waals surface area (Å²) in [6, 6.07) is 11.2. The van der Waals surface area contributed by atoms with Crippen LogP contribution in [0.3, 0.4) is 0 Å². The van der Waals surface area contributed by atoms with Crippen LogP contribution in [-0.4, -0.2) is 56.4 Å². The van der Waals surface area contributed by atoms with E-state index in [1.54, 1.807) is 46.0 Å². The van der Waals surface area contributed by atoms with E-state index in [2.05, 4.69) is 9.97 Å². The first-order valence-corrected chi connectivity index (χ1v) is 14.7. The van der Waals surface area contributed by atoms with Crippen LogP contribution in [0.2, 0.25) is 0 Å². The Hall–Kier alpha value is -4.41. The molecule has 1 aliphatic rings. The molecule has 3 aromatic heterocycles. The molecule has 1 aromatic carbocycles. The van der Waals surface area contributed by atoms with Gasteiger partial charge < -0.3 is 18.8 Å². The molecular formula is C33H35F3N4O4. The third-order valence-electron chi connectivity index (χ3n) is 7.38. The molecule has 44 heavy (non-hydrogen) atoms. The van der Waals surface area contributed by atoms with Gasteiger partial charge in [0.1, 0.15) is 28.5 Å². The van der Waals surface area contributed by atoms with Crippen molar-refractivity contribution in [3.8, 4) is 16.9 Å². The van der Waals surface area contributed by atoms with Gasteiger partial charge in [-0.2, -0.15) is 8.78 Å². The van der Waals surface area contributed by atoms with Crippen molar-refractivity contribution < 1.29 is 32.2 Å². The fourth-order valence-corrected chi connectivity index (χ4v) is 5.51. The van der Waals surface area contributed by atoms with Crippen LogP contribution in [0.4, 0.5) is 18.0 Å². The molecule has 232 valence electrons. The zero-order chi connectivity index (χ0) is 31.6. The fourth-order valence-electron chi connectivity index (χ4n) is 5.51. The number of Topliss-reactive ketones (excluding diaryl/α,β-unsaturated/α-hetero) is 1. The number of carbonyl (C=O) groups is 2. The number of pyridine rings is 2. The van der Waals surface area contributed by atoms with E-state index in [1.165, 1.54) is 12.1 Å². The third-order valence-corrected chi connectivity index (χ3v) is 7.38. The second-order valence-corrected chi connectivity index (χ2v) is 11.8. The summed E-state index contributed by atoms with van der Waals surface area (Å²) in [5, 5.41) is 0. The number of imidazole rings is 1. The Morgan fingerprint density at radius 2 is 1.93 bits per heavy atom. The Morgan fingerprint density at radius 1 is 1.16 bits per heavy atom. The maximum Gasteiger partial charge on any atom is 0.410 e. The smallest absolute Gasteiger partial charge is 0.410 e. The Morgan fingerprint density at radius 3 is 2.61 bits per heavy atom. The summed E-state index contributed by atoms with van der Waals surface area (Å²) >= 11 is 0. The average Bonchev–Trinajstić information content (AvgIpc) is 3.48. The number of rotatable bonds is 10. The maximum atomic E-state index is 15.3. The average molecular weight is 609 g/mol. The minimum Gasteiger partial charge on any atom is -0.444 e. The summed E-state index contributed by atoms with van der Waals surface area (Å²) in [6.07, 6.45) is 4.96. The molecule has 5 rings (SSSR count).